The topological polar surface area (TPSA) is 205 Å². The fourth-order valence-corrected chi connectivity index (χ4v) is 2.05. The van der Waals surface area contributed by atoms with Crippen LogP contribution in [-0.2, 0) is 19.2 Å². The van der Waals surface area contributed by atoms with E-state index in [0.29, 0.717) is 0 Å². The average Bonchev–Trinajstić information content (AvgIpc) is 2.36. The van der Waals surface area contributed by atoms with Crippen LogP contribution >= 0.6 is 0 Å². The number of aliphatic carboxylic acids is 4. The van der Waals surface area contributed by atoms with Crippen LogP contribution in [0.15, 0.2) is 4.99 Å². The number of carboxylic acid groups (broad SMARTS) is 4. The van der Waals surface area contributed by atoms with Gasteiger partial charge in [-0.25, -0.2) is 19.3 Å². The number of nitrogens with zero attached hydrogens (tertiary/aromatic N) is 2. The first-order valence-electron chi connectivity index (χ1n) is 5.67. The van der Waals surface area contributed by atoms with Gasteiger partial charge in [0, 0.05) is 6.54 Å². The third-order valence-electron chi connectivity index (χ3n) is 3.00. The monoisotopic (exact) mass is 320 g/mol. The van der Waals surface area contributed by atoms with E-state index >= 15 is 0 Å². The molecule has 12 nitrogen and oxygen atoms in total. The molecular weight excluding hydrogens is 308 g/mol. The van der Waals surface area contributed by atoms with Gasteiger partial charge in [-0.2, -0.15) is 0 Å². The zero-order chi connectivity index (χ0) is 17.3. The summed E-state index contributed by atoms with van der Waals surface area (Å²) in [6, 6.07) is 0. The van der Waals surface area contributed by atoms with Crippen molar-refractivity contribution in [2.24, 2.45) is 4.99 Å². The van der Waals surface area contributed by atoms with Crippen LogP contribution in [0.4, 0.5) is 0 Å². The zero-order valence-corrected chi connectivity index (χ0v) is 10.8. The van der Waals surface area contributed by atoms with Gasteiger partial charge in [0.05, 0.1) is 13.0 Å². The molecule has 12 heteroatoms. The third kappa shape index (κ3) is 2.61. The molecule has 1 rings (SSSR count). The Hall–Kier alpha value is -2.57. The lowest BCUT2D eigenvalue weighted by atomic mass is 9.96. The second-order valence-corrected chi connectivity index (χ2v) is 4.36. The summed E-state index contributed by atoms with van der Waals surface area (Å²) < 4.78 is 0. The number of aliphatic imine (C=N–C) groups is 1. The number of carboxylic acids is 4. The minimum Gasteiger partial charge on any atom is -0.481 e. The third-order valence-corrected chi connectivity index (χ3v) is 3.00. The van der Waals surface area contributed by atoms with E-state index < -0.39 is 60.5 Å². The van der Waals surface area contributed by atoms with E-state index in [9.17, 15) is 29.4 Å². The molecule has 0 aromatic rings. The van der Waals surface area contributed by atoms with Crippen molar-refractivity contribution in [1.82, 2.24) is 4.90 Å². The number of aliphatic hydroxyl groups is 2. The Morgan fingerprint density at radius 2 is 1.73 bits per heavy atom. The highest BCUT2D eigenvalue weighted by molar-refractivity contribution is 6.43. The van der Waals surface area contributed by atoms with Crippen LogP contribution in [-0.4, -0.2) is 89.7 Å². The van der Waals surface area contributed by atoms with Crippen molar-refractivity contribution in [3.63, 3.8) is 0 Å². The predicted octanol–water partition coefficient (Wildman–Crippen LogP) is -3.15. The summed E-state index contributed by atoms with van der Waals surface area (Å²) in [6.07, 6.45) is -1.50. The van der Waals surface area contributed by atoms with E-state index in [1.165, 1.54) is 0 Å². The normalized spacial score (nSPS) is 24.9. The Bertz CT molecular complexity index is 572. The predicted molar refractivity (Wildman–Crippen MR) is 64.1 cm³/mol. The van der Waals surface area contributed by atoms with Crippen LogP contribution in [0, 0.1) is 0 Å². The van der Waals surface area contributed by atoms with Crippen LogP contribution in [0.3, 0.4) is 0 Å². The molecule has 1 aliphatic heterocycles. The number of rotatable bonds is 6. The highest BCUT2D eigenvalue weighted by atomic mass is 16.5. The Morgan fingerprint density at radius 3 is 2.09 bits per heavy atom. The zero-order valence-electron chi connectivity index (χ0n) is 10.8. The Kier molecular flexibility index (Phi) is 4.50. The van der Waals surface area contributed by atoms with Crippen molar-refractivity contribution in [2.45, 2.75) is 17.9 Å². The molecule has 6 N–H and O–H groups in total. The Labute approximate surface area is 121 Å². The molecule has 0 fully saturated rings. The van der Waals surface area contributed by atoms with Crippen LogP contribution in [0.1, 0.15) is 6.42 Å². The summed E-state index contributed by atoms with van der Waals surface area (Å²) in [5, 5.41) is 55.9. The van der Waals surface area contributed by atoms with Crippen molar-refractivity contribution >= 4 is 29.6 Å². The van der Waals surface area contributed by atoms with Gasteiger partial charge in [0.1, 0.15) is 0 Å². The van der Waals surface area contributed by atoms with Gasteiger partial charge in [-0.15, -0.1) is 0 Å². The largest absolute Gasteiger partial charge is 0.481 e. The number of hydrogen-bond acceptors (Lipinski definition) is 8. The maximum atomic E-state index is 11.3. The highest BCUT2D eigenvalue weighted by Crippen LogP contribution is 2.30. The SMILES string of the molecule is O=C(O)CC(O)(C(=O)O)N1CCN=C(C(=O)O)C1(O)C(=O)O. The maximum absolute atomic E-state index is 11.3. The fraction of sp³-hybridized carbons (Fsp3) is 0.500. The maximum Gasteiger partial charge on any atom is 0.358 e. The van der Waals surface area contributed by atoms with Gasteiger partial charge in [0.2, 0.25) is 5.72 Å². The molecule has 2 atom stereocenters. The summed E-state index contributed by atoms with van der Waals surface area (Å²) in [4.78, 5) is 47.5. The molecule has 1 heterocycles. The van der Waals surface area contributed by atoms with Crippen molar-refractivity contribution in [3.8, 4) is 0 Å². The molecule has 0 saturated carbocycles. The van der Waals surface area contributed by atoms with Crippen molar-refractivity contribution in [2.75, 3.05) is 13.1 Å². The first-order chi connectivity index (χ1) is 9.97. The van der Waals surface area contributed by atoms with Gasteiger partial charge in [0.25, 0.3) is 5.72 Å². The summed E-state index contributed by atoms with van der Waals surface area (Å²) in [5.74, 6) is -8.16. The summed E-state index contributed by atoms with van der Waals surface area (Å²) in [7, 11) is 0. The average molecular weight is 320 g/mol. The molecule has 0 radical (unpaired) electrons. The molecule has 0 aliphatic carbocycles. The first kappa shape index (κ1) is 17.5. The van der Waals surface area contributed by atoms with E-state index in [1.807, 2.05) is 0 Å². The van der Waals surface area contributed by atoms with E-state index in [4.69, 9.17) is 20.4 Å². The van der Waals surface area contributed by atoms with Gasteiger partial charge in [-0.1, -0.05) is 0 Å². The number of hydrogen-bond donors (Lipinski definition) is 6. The quantitative estimate of drug-likeness (QED) is 0.288. The van der Waals surface area contributed by atoms with E-state index in [2.05, 4.69) is 4.99 Å². The van der Waals surface area contributed by atoms with Crippen LogP contribution in [0.2, 0.25) is 0 Å². The van der Waals surface area contributed by atoms with Crippen LogP contribution < -0.4 is 0 Å². The molecule has 22 heavy (non-hydrogen) atoms. The van der Waals surface area contributed by atoms with E-state index in [1.54, 1.807) is 0 Å². The Balaban J connectivity index is 3.52. The van der Waals surface area contributed by atoms with Gasteiger partial charge in [0.15, 0.2) is 5.71 Å². The second kappa shape index (κ2) is 5.67. The molecule has 0 aromatic heterocycles. The van der Waals surface area contributed by atoms with Gasteiger partial charge >= 0.3 is 23.9 Å². The lowest BCUT2D eigenvalue weighted by Crippen LogP contribution is -2.73. The summed E-state index contributed by atoms with van der Waals surface area (Å²) in [6.45, 7) is -1.16. The minimum atomic E-state index is -3.51. The molecule has 2 unspecified atom stereocenters. The molecular formula is C10H12N2O10. The fourth-order valence-electron chi connectivity index (χ4n) is 2.05. The number of carbonyl (C=O) groups is 4. The molecule has 0 amide bonds. The molecule has 0 bridgehead atoms. The first-order valence-corrected chi connectivity index (χ1v) is 5.67. The van der Waals surface area contributed by atoms with Gasteiger partial charge in [-0.05, 0) is 0 Å². The van der Waals surface area contributed by atoms with Crippen molar-refractivity contribution < 1.29 is 49.8 Å². The molecule has 0 spiro atoms. The van der Waals surface area contributed by atoms with Crippen molar-refractivity contribution in [3.05, 3.63) is 0 Å². The highest BCUT2D eigenvalue weighted by Gasteiger charge is 2.62. The lowest BCUT2D eigenvalue weighted by molar-refractivity contribution is -0.229. The second-order valence-electron chi connectivity index (χ2n) is 4.36. The van der Waals surface area contributed by atoms with E-state index in [-0.39, 0.29) is 4.90 Å². The smallest absolute Gasteiger partial charge is 0.358 e. The molecule has 0 aromatic carbocycles. The van der Waals surface area contributed by atoms with Crippen LogP contribution in [0.25, 0.3) is 0 Å². The van der Waals surface area contributed by atoms with Gasteiger partial charge < -0.3 is 30.6 Å². The molecule has 122 valence electrons. The lowest BCUT2D eigenvalue weighted by Gasteiger charge is -2.44. The van der Waals surface area contributed by atoms with Crippen LogP contribution in [0.5, 0.6) is 0 Å². The van der Waals surface area contributed by atoms with Gasteiger partial charge in [-0.3, -0.25) is 9.79 Å². The molecule has 0 saturated heterocycles. The summed E-state index contributed by atoms with van der Waals surface area (Å²) in [5.41, 5.74) is -8.20. The van der Waals surface area contributed by atoms with Crippen molar-refractivity contribution in [1.29, 1.82) is 0 Å². The Morgan fingerprint density at radius 1 is 1.18 bits per heavy atom. The summed E-state index contributed by atoms with van der Waals surface area (Å²) >= 11 is 0. The van der Waals surface area contributed by atoms with E-state index in [0.717, 1.165) is 0 Å². The molecule has 1 aliphatic rings. The standard InChI is InChI=1S/C10H12N2O10/c13-4(14)3-9(21,7(17)18)12-2-1-11-5(6(15)16)10(12,22)8(19)20/h21-22H,1-3H2,(H,13,14)(H,15,16)(H,17,18)(H,19,20). The minimum absolute atomic E-state index is 0.0325.